The molecule has 2 aromatic carbocycles. The molecule has 0 aliphatic rings. The molecule has 1 N–H and O–H groups in total. The van der Waals surface area contributed by atoms with Crippen LogP contribution in [0, 0.1) is 0 Å². The first-order valence-electron chi connectivity index (χ1n) is 6.34. The van der Waals surface area contributed by atoms with Crippen LogP contribution in [0.4, 0.5) is 0 Å². The molecule has 1 unspecified atom stereocenters. The van der Waals surface area contributed by atoms with Crippen LogP contribution < -0.4 is 5.48 Å². The van der Waals surface area contributed by atoms with Crippen molar-refractivity contribution in [2.75, 3.05) is 0 Å². The third-order valence-electron chi connectivity index (χ3n) is 2.76. The van der Waals surface area contributed by atoms with Crippen molar-refractivity contribution < 1.29 is 19.2 Å². The van der Waals surface area contributed by atoms with Gasteiger partial charge in [-0.1, -0.05) is 60.7 Å². The standard InChI is InChI=1S/C16H14NO4/c18-12-20-15(14-9-5-2-6-10-14)16(19)17-21-11-13-7-3-1-4-8-13/h1-10,15H,11H2,(H,17,19). The fourth-order valence-electron chi connectivity index (χ4n) is 1.77. The monoisotopic (exact) mass is 284 g/mol. The van der Waals surface area contributed by atoms with Crippen molar-refractivity contribution in [1.82, 2.24) is 5.48 Å². The van der Waals surface area contributed by atoms with Crippen LogP contribution in [0.15, 0.2) is 60.7 Å². The van der Waals surface area contributed by atoms with Crippen LogP contribution in [0.25, 0.3) is 0 Å². The number of ether oxygens (including phenoxy) is 1. The third-order valence-corrected chi connectivity index (χ3v) is 2.76. The molecular weight excluding hydrogens is 270 g/mol. The zero-order valence-electron chi connectivity index (χ0n) is 11.2. The van der Waals surface area contributed by atoms with Crippen LogP contribution in [0.5, 0.6) is 0 Å². The number of hydrogen-bond donors (Lipinski definition) is 1. The topological polar surface area (TPSA) is 64.6 Å². The first-order chi connectivity index (χ1) is 10.3. The molecule has 1 amide bonds. The second-order valence-electron chi connectivity index (χ2n) is 4.23. The normalized spacial score (nSPS) is 11.4. The summed E-state index contributed by atoms with van der Waals surface area (Å²) in [6.45, 7) is 1.51. The van der Waals surface area contributed by atoms with E-state index in [4.69, 9.17) is 9.57 Å². The van der Waals surface area contributed by atoms with E-state index in [1.165, 1.54) is 6.47 Å². The van der Waals surface area contributed by atoms with Crippen LogP contribution in [-0.2, 0) is 25.8 Å². The van der Waals surface area contributed by atoms with E-state index in [1.54, 1.807) is 30.3 Å². The lowest BCUT2D eigenvalue weighted by Crippen LogP contribution is -2.30. The van der Waals surface area contributed by atoms with E-state index in [1.807, 2.05) is 30.3 Å². The maximum Gasteiger partial charge on any atom is 0.418 e. The van der Waals surface area contributed by atoms with Gasteiger partial charge in [-0.3, -0.25) is 9.63 Å². The smallest absolute Gasteiger partial charge is 0.418 e. The second-order valence-corrected chi connectivity index (χ2v) is 4.23. The zero-order chi connectivity index (χ0) is 14.9. The van der Waals surface area contributed by atoms with Gasteiger partial charge in [0, 0.05) is 5.56 Å². The molecule has 0 heterocycles. The van der Waals surface area contributed by atoms with Gasteiger partial charge < -0.3 is 4.74 Å². The molecule has 21 heavy (non-hydrogen) atoms. The minimum Gasteiger partial charge on any atom is -0.439 e. The largest absolute Gasteiger partial charge is 0.439 e. The van der Waals surface area contributed by atoms with Gasteiger partial charge in [-0.05, 0) is 5.56 Å². The first-order valence-corrected chi connectivity index (χ1v) is 6.34. The predicted octanol–water partition coefficient (Wildman–Crippen LogP) is 2.06. The van der Waals surface area contributed by atoms with E-state index in [2.05, 4.69) is 5.48 Å². The highest BCUT2D eigenvalue weighted by atomic mass is 16.7. The van der Waals surface area contributed by atoms with Crippen molar-refractivity contribution >= 4 is 12.4 Å². The SMILES string of the molecule is O=[C]OC(C(=O)NOCc1ccccc1)c1ccccc1. The van der Waals surface area contributed by atoms with E-state index in [9.17, 15) is 9.59 Å². The third kappa shape index (κ3) is 4.43. The molecule has 2 rings (SSSR count). The van der Waals surface area contributed by atoms with Gasteiger partial charge in [0.05, 0.1) is 6.61 Å². The highest BCUT2D eigenvalue weighted by Crippen LogP contribution is 2.16. The number of hydrogen-bond acceptors (Lipinski definition) is 4. The minimum atomic E-state index is -1.08. The second kappa shape index (κ2) is 7.81. The summed E-state index contributed by atoms with van der Waals surface area (Å²) in [4.78, 5) is 27.5. The molecule has 5 nitrogen and oxygen atoms in total. The Kier molecular flexibility index (Phi) is 5.49. The number of hydroxylamine groups is 1. The predicted molar refractivity (Wildman–Crippen MR) is 75.3 cm³/mol. The lowest BCUT2D eigenvalue weighted by molar-refractivity contribution is -0.142. The number of rotatable bonds is 7. The van der Waals surface area contributed by atoms with Crippen molar-refractivity contribution in [2.45, 2.75) is 12.7 Å². The van der Waals surface area contributed by atoms with E-state index in [0.29, 0.717) is 5.56 Å². The van der Waals surface area contributed by atoms with Crippen LogP contribution in [0.3, 0.4) is 0 Å². The number of benzene rings is 2. The minimum absolute atomic E-state index is 0.221. The maximum atomic E-state index is 12.0. The van der Waals surface area contributed by atoms with E-state index in [-0.39, 0.29) is 6.61 Å². The summed E-state index contributed by atoms with van der Waals surface area (Å²) in [6, 6.07) is 18.0. The average molecular weight is 284 g/mol. The first kappa shape index (κ1) is 14.7. The average Bonchev–Trinajstić information content (AvgIpc) is 2.54. The van der Waals surface area contributed by atoms with E-state index in [0.717, 1.165) is 5.56 Å². The van der Waals surface area contributed by atoms with Gasteiger partial charge in [0.2, 0.25) is 6.10 Å². The van der Waals surface area contributed by atoms with Gasteiger partial charge in [0.15, 0.2) is 0 Å². The summed E-state index contributed by atoms with van der Waals surface area (Å²) < 4.78 is 4.69. The lowest BCUT2D eigenvalue weighted by Gasteiger charge is -2.14. The Labute approximate surface area is 122 Å². The number of carbonyl (C=O) groups is 1. The quantitative estimate of drug-likeness (QED) is 0.790. The highest BCUT2D eigenvalue weighted by Gasteiger charge is 2.22. The van der Waals surface area contributed by atoms with Crippen molar-refractivity contribution in [3.8, 4) is 0 Å². The van der Waals surface area contributed by atoms with Gasteiger partial charge in [0.1, 0.15) is 0 Å². The molecular formula is C16H14NO4. The Morgan fingerprint density at radius 1 is 1.05 bits per heavy atom. The maximum absolute atomic E-state index is 12.0. The molecule has 0 aliphatic heterocycles. The molecule has 0 spiro atoms. The number of carbonyl (C=O) groups excluding carboxylic acids is 2. The van der Waals surface area contributed by atoms with Gasteiger partial charge >= 0.3 is 6.47 Å². The fourth-order valence-corrected chi connectivity index (χ4v) is 1.77. The van der Waals surface area contributed by atoms with Gasteiger partial charge in [-0.15, -0.1) is 0 Å². The summed E-state index contributed by atoms with van der Waals surface area (Å²) in [5.41, 5.74) is 3.73. The van der Waals surface area contributed by atoms with Crippen molar-refractivity contribution in [1.29, 1.82) is 0 Å². The zero-order valence-corrected chi connectivity index (χ0v) is 11.2. The molecule has 5 heteroatoms. The molecule has 0 saturated carbocycles. The van der Waals surface area contributed by atoms with Crippen molar-refractivity contribution in [3.05, 3.63) is 71.8 Å². The Morgan fingerprint density at radius 3 is 2.29 bits per heavy atom. The summed E-state index contributed by atoms with van der Waals surface area (Å²) in [7, 11) is 0. The molecule has 0 aromatic heterocycles. The Hall–Kier alpha value is -2.66. The molecule has 1 atom stereocenters. The summed E-state index contributed by atoms with van der Waals surface area (Å²) in [5, 5.41) is 0. The summed E-state index contributed by atoms with van der Waals surface area (Å²) in [6.07, 6.45) is -1.08. The van der Waals surface area contributed by atoms with Crippen molar-refractivity contribution in [2.24, 2.45) is 0 Å². The van der Waals surface area contributed by atoms with Crippen molar-refractivity contribution in [3.63, 3.8) is 0 Å². The Bertz CT molecular complexity index is 571. The van der Waals surface area contributed by atoms with Gasteiger partial charge in [-0.2, -0.15) is 0 Å². The molecule has 0 aliphatic carbocycles. The molecule has 0 bridgehead atoms. The Morgan fingerprint density at radius 2 is 1.67 bits per heavy atom. The molecule has 1 radical (unpaired) electrons. The van der Waals surface area contributed by atoms with Gasteiger partial charge in [0.25, 0.3) is 5.91 Å². The number of nitrogens with one attached hydrogen (secondary N) is 1. The van der Waals surface area contributed by atoms with Gasteiger partial charge in [-0.25, -0.2) is 10.3 Å². The molecule has 107 valence electrons. The summed E-state index contributed by atoms with van der Waals surface area (Å²) >= 11 is 0. The molecule has 0 fully saturated rings. The molecule has 2 aromatic rings. The number of amides is 1. The van der Waals surface area contributed by atoms with Crippen LogP contribution in [0.1, 0.15) is 17.2 Å². The summed E-state index contributed by atoms with van der Waals surface area (Å²) in [5.74, 6) is -0.569. The van der Waals surface area contributed by atoms with Crippen LogP contribution >= 0.6 is 0 Å². The van der Waals surface area contributed by atoms with E-state index < -0.39 is 12.0 Å². The van der Waals surface area contributed by atoms with Crippen LogP contribution in [-0.4, -0.2) is 12.4 Å². The van der Waals surface area contributed by atoms with Crippen LogP contribution in [0.2, 0.25) is 0 Å². The Balaban J connectivity index is 1.92. The fraction of sp³-hybridized carbons (Fsp3) is 0.125. The molecule has 0 saturated heterocycles. The lowest BCUT2D eigenvalue weighted by atomic mass is 10.1. The van der Waals surface area contributed by atoms with E-state index >= 15 is 0 Å². The highest BCUT2D eigenvalue weighted by molar-refractivity contribution is 5.82.